The maximum atomic E-state index is 6.03. The lowest BCUT2D eigenvalue weighted by atomic mass is 10.1. The molecule has 0 saturated carbocycles. The van der Waals surface area contributed by atoms with Gasteiger partial charge in [-0.3, -0.25) is 5.84 Å². The number of hydrogen-bond acceptors (Lipinski definition) is 4. The Hall–Kier alpha value is -0.130. The van der Waals surface area contributed by atoms with E-state index in [1.165, 1.54) is 0 Å². The third kappa shape index (κ3) is 2.46. The highest BCUT2D eigenvalue weighted by molar-refractivity contribution is 7.10. The van der Waals surface area contributed by atoms with Crippen LogP contribution in [0, 0.1) is 0 Å². The van der Waals surface area contributed by atoms with Gasteiger partial charge in [0.2, 0.25) is 0 Å². The van der Waals surface area contributed by atoms with E-state index in [0.29, 0.717) is 0 Å². The van der Waals surface area contributed by atoms with Gasteiger partial charge in [0, 0.05) is 12.0 Å². The van der Waals surface area contributed by atoms with Gasteiger partial charge in [0.05, 0.1) is 17.2 Å². The molecule has 0 fully saturated rings. The predicted molar refractivity (Wildman–Crippen MR) is 60.5 cm³/mol. The monoisotopic (exact) mass is 234 g/mol. The molecule has 0 saturated heterocycles. The van der Waals surface area contributed by atoms with Gasteiger partial charge in [0.15, 0.2) is 0 Å². The van der Waals surface area contributed by atoms with Gasteiger partial charge in [0.25, 0.3) is 0 Å². The molecule has 0 aromatic carbocycles. The van der Waals surface area contributed by atoms with Crippen LogP contribution in [-0.2, 0) is 4.74 Å². The molecule has 0 aliphatic carbocycles. The van der Waals surface area contributed by atoms with Gasteiger partial charge in [-0.1, -0.05) is 18.5 Å². The second-order valence-corrected chi connectivity index (χ2v) is 4.31. The van der Waals surface area contributed by atoms with E-state index in [1.807, 2.05) is 11.4 Å². The van der Waals surface area contributed by atoms with E-state index in [4.69, 9.17) is 22.2 Å². The van der Waals surface area contributed by atoms with Crippen molar-refractivity contribution in [3.05, 3.63) is 21.3 Å². The minimum absolute atomic E-state index is 0.0301. The van der Waals surface area contributed by atoms with E-state index in [0.717, 1.165) is 16.3 Å². The zero-order chi connectivity index (χ0) is 10.6. The van der Waals surface area contributed by atoms with Crippen LogP contribution in [-0.4, -0.2) is 13.2 Å². The molecule has 0 bridgehead atoms. The number of methoxy groups -OCH3 is 1. The molecule has 5 heteroatoms. The average Bonchev–Trinajstić information content (AvgIpc) is 2.61. The highest BCUT2D eigenvalue weighted by atomic mass is 35.5. The number of hydrogen-bond donors (Lipinski definition) is 2. The Morgan fingerprint density at radius 3 is 2.79 bits per heavy atom. The van der Waals surface area contributed by atoms with Crippen LogP contribution in [0.25, 0.3) is 0 Å². The molecule has 0 aliphatic heterocycles. The first kappa shape index (κ1) is 11.9. The maximum Gasteiger partial charge on any atom is 0.0829 e. The number of ether oxygens (including phenoxy) is 1. The molecule has 3 nitrogen and oxygen atoms in total. The normalized spacial score (nSPS) is 15.4. The fourth-order valence-electron chi connectivity index (χ4n) is 1.42. The Bertz CT molecular complexity index is 276. The molecule has 3 N–H and O–H groups in total. The number of nitrogens with one attached hydrogen (secondary N) is 1. The number of halogens is 1. The summed E-state index contributed by atoms with van der Waals surface area (Å²) in [6.07, 6.45) is 0.940. The summed E-state index contributed by atoms with van der Waals surface area (Å²) in [6.45, 7) is 2.06. The first-order valence-corrected chi connectivity index (χ1v) is 5.72. The molecule has 1 aromatic heterocycles. The fourth-order valence-corrected chi connectivity index (χ4v) is 2.70. The summed E-state index contributed by atoms with van der Waals surface area (Å²) in [5.74, 6) is 5.50. The first-order chi connectivity index (χ1) is 6.74. The highest BCUT2D eigenvalue weighted by Gasteiger charge is 2.23. The zero-order valence-corrected chi connectivity index (χ0v) is 9.86. The molecule has 0 amide bonds. The summed E-state index contributed by atoms with van der Waals surface area (Å²) in [5, 5.41) is 2.69. The van der Waals surface area contributed by atoms with Crippen LogP contribution in [0.4, 0.5) is 0 Å². The largest absolute Gasteiger partial charge is 0.379 e. The number of thiophene rings is 1. The lowest BCUT2D eigenvalue weighted by Gasteiger charge is -2.23. The van der Waals surface area contributed by atoms with Gasteiger partial charge >= 0.3 is 0 Å². The third-order valence-corrected chi connectivity index (χ3v) is 3.63. The summed E-state index contributed by atoms with van der Waals surface area (Å²) in [7, 11) is 1.68. The first-order valence-electron chi connectivity index (χ1n) is 4.46. The van der Waals surface area contributed by atoms with Crippen molar-refractivity contribution in [3.63, 3.8) is 0 Å². The second kappa shape index (κ2) is 5.68. The van der Waals surface area contributed by atoms with Crippen LogP contribution in [0.3, 0.4) is 0 Å². The molecule has 14 heavy (non-hydrogen) atoms. The molecule has 1 heterocycles. The molecule has 2 unspecified atom stereocenters. The molecule has 2 atom stereocenters. The van der Waals surface area contributed by atoms with Gasteiger partial charge in [-0.15, -0.1) is 11.3 Å². The quantitative estimate of drug-likeness (QED) is 0.607. The summed E-state index contributed by atoms with van der Waals surface area (Å²) in [4.78, 5) is 1.03. The summed E-state index contributed by atoms with van der Waals surface area (Å²) >= 11 is 7.62. The van der Waals surface area contributed by atoms with E-state index in [2.05, 4.69) is 12.3 Å². The van der Waals surface area contributed by atoms with Crippen molar-refractivity contribution < 1.29 is 4.74 Å². The molecule has 1 aromatic rings. The van der Waals surface area contributed by atoms with Crippen molar-refractivity contribution >= 4 is 22.9 Å². The van der Waals surface area contributed by atoms with Crippen LogP contribution >= 0.6 is 22.9 Å². The standard InChI is InChI=1S/C9H15ClN2OS/c1-3-7(13-2)8(12-11)9-6(10)4-5-14-9/h4-5,7-8,12H,3,11H2,1-2H3. The number of nitrogens with two attached hydrogens (primary N) is 1. The van der Waals surface area contributed by atoms with E-state index in [9.17, 15) is 0 Å². The van der Waals surface area contributed by atoms with E-state index < -0.39 is 0 Å². The van der Waals surface area contributed by atoms with Crippen molar-refractivity contribution in [2.24, 2.45) is 5.84 Å². The third-order valence-electron chi connectivity index (χ3n) is 2.18. The molecular formula is C9H15ClN2OS. The van der Waals surface area contributed by atoms with E-state index in [1.54, 1.807) is 18.4 Å². The smallest absolute Gasteiger partial charge is 0.0829 e. The van der Waals surface area contributed by atoms with Gasteiger partial charge in [-0.05, 0) is 17.9 Å². The Morgan fingerprint density at radius 2 is 2.43 bits per heavy atom. The van der Waals surface area contributed by atoms with Crippen molar-refractivity contribution in [1.82, 2.24) is 5.43 Å². The van der Waals surface area contributed by atoms with Gasteiger partial charge in [-0.2, -0.15) is 0 Å². The van der Waals surface area contributed by atoms with Crippen molar-refractivity contribution in [1.29, 1.82) is 0 Å². The summed E-state index contributed by atoms with van der Waals surface area (Å²) < 4.78 is 5.34. The maximum absolute atomic E-state index is 6.03. The van der Waals surface area contributed by atoms with Crippen LogP contribution in [0.5, 0.6) is 0 Å². The molecule has 1 rings (SSSR count). The molecule has 0 radical (unpaired) electrons. The summed E-state index contributed by atoms with van der Waals surface area (Å²) in [6, 6.07) is 1.84. The zero-order valence-electron chi connectivity index (χ0n) is 8.29. The Balaban J connectivity index is 2.86. The minimum atomic E-state index is -0.0301. The topological polar surface area (TPSA) is 47.3 Å². The minimum Gasteiger partial charge on any atom is -0.379 e. The predicted octanol–water partition coefficient (Wildman–Crippen LogP) is 2.33. The van der Waals surface area contributed by atoms with Gasteiger partial charge in [0.1, 0.15) is 0 Å². The average molecular weight is 235 g/mol. The second-order valence-electron chi connectivity index (χ2n) is 2.96. The van der Waals surface area contributed by atoms with E-state index >= 15 is 0 Å². The fraction of sp³-hybridized carbons (Fsp3) is 0.556. The number of hydrazine groups is 1. The van der Waals surface area contributed by atoms with Crippen molar-refractivity contribution in [2.75, 3.05) is 7.11 Å². The number of rotatable bonds is 5. The van der Waals surface area contributed by atoms with Gasteiger partial charge < -0.3 is 4.74 Å². The summed E-state index contributed by atoms with van der Waals surface area (Å²) in [5.41, 5.74) is 2.75. The molecule has 0 aliphatic rings. The highest BCUT2D eigenvalue weighted by Crippen LogP contribution is 2.31. The van der Waals surface area contributed by atoms with Crippen LogP contribution in [0.2, 0.25) is 5.02 Å². The Kier molecular flexibility index (Phi) is 4.84. The lowest BCUT2D eigenvalue weighted by Crippen LogP contribution is -2.36. The molecule has 0 spiro atoms. The Morgan fingerprint density at radius 1 is 1.71 bits per heavy atom. The van der Waals surface area contributed by atoms with Crippen LogP contribution < -0.4 is 11.3 Å². The van der Waals surface area contributed by atoms with Crippen LogP contribution in [0.15, 0.2) is 11.4 Å². The Labute approximate surface area is 93.2 Å². The SMILES string of the molecule is CCC(OC)C(NN)c1sccc1Cl. The molecule has 80 valence electrons. The van der Waals surface area contributed by atoms with Crippen LogP contribution in [0.1, 0.15) is 24.3 Å². The van der Waals surface area contributed by atoms with Gasteiger partial charge in [-0.25, -0.2) is 5.43 Å². The van der Waals surface area contributed by atoms with Crippen molar-refractivity contribution in [3.8, 4) is 0 Å². The molecular weight excluding hydrogens is 220 g/mol. The lowest BCUT2D eigenvalue weighted by molar-refractivity contribution is 0.0662. The van der Waals surface area contributed by atoms with E-state index in [-0.39, 0.29) is 12.1 Å². The van der Waals surface area contributed by atoms with Crippen molar-refractivity contribution in [2.45, 2.75) is 25.5 Å².